The maximum Gasteiger partial charge on any atom is 0.308 e. The van der Waals surface area contributed by atoms with Gasteiger partial charge in [0.15, 0.2) is 11.5 Å². The van der Waals surface area contributed by atoms with Gasteiger partial charge in [-0.1, -0.05) is 13.3 Å². The Morgan fingerprint density at radius 2 is 2.02 bits per heavy atom. The summed E-state index contributed by atoms with van der Waals surface area (Å²) in [6.07, 6.45) is 7.82. The van der Waals surface area contributed by atoms with Gasteiger partial charge in [-0.3, -0.25) is 14.5 Å². The molecule has 4 N–H and O–H groups in total. The summed E-state index contributed by atoms with van der Waals surface area (Å²) in [6, 6.07) is 5.06. The van der Waals surface area contributed by atoms with Crippen LogP contribution in [0.15, 0.2) is 30.7 Å². The second-order valence-corrected chi connectivity index (χ2v) is 10.5. The molecule has 2 aliphatic heterocycles. The van der Waals surface area contributed by atoms with Crippen LogP contribution in [0.5, 0.6) is 11.5 Å². The van der Waals surface area contributed by atoms with Crippen LogP contribution >= 0.6 is 0 Å². The van der Waals surface area contributed by atoms with Crippen molar-refractivity contribution in [3.63, 3.8) is 0 Å². The Morgan fingerprint density at radius 1 is 1.20 bits per heavy atom. The smallest absolute Gasteiger partial charge is 0.308 e. The van der Waals surface area contributed by atoms with Gasteiger partial charge in [-0.15, -0.1) is 0 Å². The molecule has 1 aromatic carbocycles. The molecule has 1 fully saturated rings. The zero-order chi connectivity index (χ0) is 28.5. The fraction of sp³-hybridized carbons (Fsp3) is 0.586. The lowest BCUT2D eigenvalue weighted by atomic mass is 9.83. The molecule has 2 aliphatic rings. The Kier molecular flexibility index (Phi) is 10.7. The van der Waals surface area contributed by atoms with Crippen molar-refractivity contribution < 1.29 is 29.3 Å². The average molecular weight is 556 g/mol. The molecule has 0 spiro atoms. The second kappa shape index (κ2) is 14.4. The molecule has 1 aromatic heterocycles. The van der Waals surface area contributed by atoms with Crippen molar-refractivity contribution in [2.75, 3.05) is 39.5 Å². The van der Waals surface area contributed by atoms with Gasteiger partial charge < -0.3 is 30.3 Å². The summed E-state index contributed by atoms with van der Waals surface area (Å²) in [7, 11) is 0. The number of amides is 1. The number of carboxylic acid groups (broad SMARTS) is 1. The molecule has 40 heavy (non-hydrogen) atoms. The van der Waals surface area contributed by atoms with Crippen LogP contribution < -0.4 is 15.2 Å². The molecule has 2 aromatic rings. The van der Waals surface area contributed by atoms with Gasteiger partial charge in [0.2, 0.25) is 12.7 Å². The highest BCUT2D eigenvalue weighted by molar-refractivity contribution is 5.79. The van der Waals surface area contributed by atoms with E-state index in [2.05, 4.69) is 16.9 Å². The first-order chi connectivity index (χ1) is 19.5. The summed E-state index contributed by atoms with van der Waals surface area (Å²) < 4.78 is 11.1. The number of aliphatic hydroxyl groups excluding tert-OH is 1. The minimum Gasteiger partial charge on any atom is -0.481 e. The van der Waals surface area contributed by atoms with Gasteiger partial charge >= 0.3 is 5.97 Å². The number of carboxylic acids is 1. The number of ether oxygens (including phenoxy) is 2. The van der Waals surface area contributed by atoms with Crippen molar-refractivity contribution in [3.8, 4) is 11.5 Å². The Hall–Kier alpha value is -3.28. The Bertz CT molecular complexity index is 1130. The van der Waals surface area contributed by atoms with Crippen molar-refractivity contribution in [1.29, 1.82) is 0 Å². The predicted molar refractivity (Wildman–Crippen MR) is 148 cm³/mol. The van der Waals surface area contributed by atoms with E-state index in [4.69, 9.17) is 15.2 Å². The van der Waals surface area contributed by atoms with E-state index < -0.39 is 17.8 Å². The van der Waals surface area contributed by atoms with Crippen LogP contribution in [0.3, 0.4) is 0 Å². The van der Waals surface area contributed by atoms with E-state index in [0.29, 0.717) is 56.1 Å². The standard InChI is InChI=1S/C29H41N5O6/c1-2-3-11-33(12-5-4-9-30)26(36)16-34-15-23(20-13-21(17-35)28-25(14-20)39-19-40-28)27(29(37)38)24(34)7-6-22-8-10-31-18-32-22/h8,10,13-14,18,23-24,27,35H,2-7,9,11-12,15-17,19,30H2,1H3,(H,37,38)/t23-,24+,27-/m1/s1. The topological polar surface area (TPSA) is 151 Å². The summed E-state index contributed by atoms with van der Waals surface area (Å²) in [5.41, 5.74) is 7.83. The van der Waals surface area contributed by atoms with Crippen LogP contribution in [0.1, 0.15) is 61.8 Å². The number of aromatic nitrogens is 2. The number of aliphatic hydroxyl groups is 1. The van der Waals surface area contributed by atoms with Crippen molar-refractivity contribution in [2.24, 2.45) is 11.7 Å². The van der Waals surface area contributed by atoms with E-state index in [1.54, 1.807) is 12.3 Å². The number of rotatable bonds is 15. The van der Waals surface area contributed by atoms with E-state index in [9.17, 15) is 19.8 Å². The van der Waals surface area contributed by atoms with Gasteiger partial charge in [-0.05, 0) is 62.4 Å². The number of nitrogens with two attached hydrogens (primary N) is 1. The zero-order valence-corrected chi connectivity index (χ0v) is 23.2. The van der Waals surface area contributed by atoms with E-state index in [0.717, 1.165) is 36.9 Å². The largest absolute Gasteiger partial charge is 0.481 e. The van der Waals surface area contributed by atoms with E-state index >= 15 is 0 Å². The number of aryl methyl sites for hydroxylation is 1. The number of benzene rings is 1. The quantitative estimate of drug-likeness (QED) is 0.279. The lowest BCUT2D eigenvalue weighted by Crippen LogP contribution is -2.45. The number of likely N-dealkylation sites (tertiary alicyclic amines) is 1. The van der Waals surface area contributed by atoms with Crippen molar-refractivity contribution >= 4 is 11.9 Å². The molecule has 3 heterocycles. The molecule has 0 saturated carbocycles. The molecule has 0 radical (unpaired) electrons. The number of hydrogen-bond acceptors (Lipinski definition) is 9. The SMILES string of the molecule is CCCCN(CCCCN)C(=O)CN1C[C@H](c2cc(CO)c3c(c2)OCO3)[C@@H](C(=O)O)[C@@H]1CCc1ccncn1. The Labute approximate surface area is 235 Å². The molecule has 3 atom stereocenters. The third-order valence-corrected chi connectivity index (χ3v) is 7.90. The first kappa shape index (κ1) is 29.7. The number of aliphatic carboxylic acids is 1. The van der Waals surface area contributed by atoms with Crippen LogP contribution in [0.2, 0.25) is 0 Å². The molecule has 1 amide bonds. The fourth-order valence-corrected chi connectivity index (χ4v) is 5.82. The molecule has 11 heteroatoms. The monoisotopic (exact) mass is 555 g/mol. The predicted octanol–water partition coefficient (Wildman–Crippen LogP) is 2.17. The summed E-state index contributed by atoms with van der Waals surface area (Å²) >= 11 is 0. The van der Waals surface area contributed by atoms with Crippen LogP contribution in [-0.2, 0) is 22.6 Å². The first-order valence-corrected chi connectivity index (χ1v) is 14.2. The summed E-state index contributed by atoms with van der Waals surface area (Å²) in [5.74, 6) is -1.08. The van der Waals surface area contributed by atoms with Crippen molar-refractivity contribution in [3.05, 3.63) is 47.5 Å². The zero-order valence-electron chi connectivity index (χ0n) is 23.2. The highest BCUT2D eigenvalue weighted by atomic mass is 16.7. The first-order valence-electron chi connectivity index (χ1n) is 14.2. The molecule has 0 unspecified atom stereocenters. The minimum atomic E-state index is -0.915. The van der Waals surface area contributed by atoms with Crippen LogP contribution in [-0.4, -0.2) is 87.4 Å². The molecule has 1 saturated heterocycles. The van der Waals surface area contributed by atoms with Crippen LogP contribution in [0, 0.1) is 5.92 Å². The molecular formula is C29H41N5O6. The van der Waals surface area contributed by atoms with E-state index in [1.165, 1.54) is 6.33 Å². The maximum absolute atomic E-state index is 13.6. The van der Waals surface area contributed by atoms with E-state index in [-0.39, 0.29) is 31.9 Å². The van der Waals surface area contributed by atoms with Gasteiger partial charge in [0.1, 0.15) is 6.33 Å². The average Bonchev–Trinajstić information content (AvgIpc) is 3.58. The number of unbranched alkanes of at least 4 members (excludes halogenated alkanes) is 2. The number of nitrogens with zero attached hydrogens (tertiary/aromatic N) is 4. The number of carbonyl (C=O) groups excluding carboxylic acids is 1. The van der Waals surface area contributed by atoms with Gasteiger partial charge in [0.05, 0.1) is 19.1 Å². The minimum absolute atomic E-state index is 0.00373. The second-order valence-electron chi connectivity index (χ2n) is 10.5. The highest BCUT2D eigenvalue weighted by Crippen LogP contribution is 2.44. The molecule has 0 aliphatic carbocycles. The van der Waals surface area contributed by atoms with E-state index in [1.807, 2.05) is 21.9 Å². The summed E-state index contributed by atoms with van der Waals surface area (Å²) in [5, 5.41) is 20.5. The Balaban J connectivity index is 1.62. The van der Waals surface area contributed by atoms with Gasteiger partial charge in [-0.25, -0.2) is 9.97 Å². The normalized spacial score (nSPS) is 20.1. The third-order valence-electron chi connectivity index (χ3n) is 7.90. The molecule has 4 rings (SSSR count). The van der Waals surface area contributed by atoms with Gasteiger partial charge in [0, 0.05) is 49.0 Å². The summed E-state index contributed by atoms with van der Waals surface area (Å²) in [6.45, 7) is 4.33. The number of fused-ring (bicyclic) bond motifs is 1. The lowest BCUT2D eigenvalue weighted by molar-refractivity contribution is -0.143. The van der Waals surface area contributed by atoms with Crippen LogP contribution in [0.4, 0.5) is 0 Å². The number of carbonyl (C=O) groups is 2. The molecule has 0 bridgehead atoms. The van der Waals surface area contributed by atoms with Crippen molar-refractivity contribution in [1.82, 2.24) is 19.8 Å². The molecular weight excluding hydrogens is 514 g/mol. The Morgan fingerprint density at radius 3 is 2.73 bits per heavy atom. The maximum atomic E-state index is 13.6. The van der Waals surface area contributed by atoms with Gasteiger partial charge in [0.25, 0.3) is 0 Å². The third kappa shape index (κ3) is 7.07. The molecule has 218 valence electrons. The summed E-state index contributed by atoms with van der Waals surface area (Å²) in [4.78, 5) is 38.6. The molecule has 11 nitrogen and oxygen atoms in total. The fourth-order valence-electron chi connectivity index (χ4n) is 5.82. The van der Waals surface area contributed by atoms with Crippen molar-refractivity contribution in [2.45, 2.75) is 64.0 Å². The number of hydrogen-bond donors (Lipinski definition) is 3. The highest BCUT2D eigenvalue weighted by Gasteiger charge is 2.47. The van der Waals surface area contributed by atoms with Gasteiger partial charge in [-0.2, -0.15) is 0 Å². The van der Waals surface area contributed by atoms with Crippen LogP contribution in [0.25, 0.3) is 0 Å². The lowest BCUT2D eigenvalue weighted by Gasteiger charge is -2.29.